The molecule has 0 atom stereocenters. The summed E-state index contributed by atoms with van der Waals surface area (Å²) < 4.78 is 5.33. The molecule has 2 aromatic rings. The van der Waals surface area contributed by atoms with Gasteiger partial charge in [-0.05, 0) is 43.5 Å². The van der Waals surface area contributed by atoms with Gasteiger partial charge in [-0.2, -0.15) is 0 Å². The average Bonchev–Trinajstić information content (AvgIpc) is 2.46. The van der Waals surface area contributed by atoms with Gasteiger partial charge >= 0.3 is 0 Å². The second-order valence-electron chi connectivity index (χ2n) is 5.55. The second-order valence-corrected chi connectivity index (χ2v) is 5.55. The van der Waals surface area contributed by atoms with Crippen LogP contribution in [0.15, 0.2) is 30.3 Å². The van der Waals surface area contributed by atoms with Crippen LogP contribution in [0.5, 0.6) is 5.75 Å². The Morgan fingerprint density at radius 1 is 1.29 bits per heavy atom. The highest BCUT2D eigenvalue weighted by Gasteiger charge is 2.17. The maximum atomic E-state index is 5.89. The molecule has 0 radical (unpaired) electrons. The van der Waals surface area contributed by atoms with Crippen LogP contribution in [0.4, 0.5) is 11.4 Å². The summed E-state index contributed by atoms with van der Waals surface area (Å²) in [7, 11) is 1.69. The maximum absolute atomic E-state index is 5.89. The van der Waals surface area contributed by atoms with Crippen molar-refractivity contribution in [3.05, 3.63) is 47.3 Å². The first-order valence-electron chi connectivity index (χ1n) is 7.30. The first-order chi connectivity index (χ1) is 10.2. The van der Waals surface area contributed by atoms with Crippen molar-refractivity contribution in [3.8, 4) is 5.75 Å². The molecule has 110 valence electrons. The lowest BCUT2D eigenvalue weighted by molar-refractivity contribution is 0.413. The molecule has 0 saturated heterocycles. The predicted octanol–water partition coefficient (Wildman–Crippen LogP) is 2.93. The number of nitrogen functional groups attached to an aromatic ring is 1. The van der Waals surface area contributed by atoms with Gasteiger partial charge in [0, 0.05) is 35.7 Å². The standard InChI is InChI=1S/C17H21N3O/c1-12-8-16(21-2)10-15(19-12)11-20-7-3-4-13-9-14(18)5-6-17(13)20/h5-6,8-10H,3-4,7,11,18H2,1-2H3. The number of nitrogens with zero attached hydrogens (tertiary/aromatic N) is 2. The van der Waals surface area contributed by atoms with Gasteiger partial charge in [0.2, 0.25) is 0 Å². The van der Waals surface area contributed by atoms with Crippen LogP contribution in [0.3, 0.4) is 0 Å². The molecule has 1 aromatic heterocycles. The number of ether oxygens (including phenoxy) is 1. The molecule has 0 amide bonds. The van der Waals surface area contributed by atoms with Crippen LogP contribution < -0.4 is 15.4 Å². The molecule has 0 saturated carbocycles. The summed E-state index contributed by atoms with van der Waals surface area (Å²) in [5, 5.41) is 0. The smallest absolute Gasteiger partial charge is 0.122 e. The predicted molar refractivity (Wildman–Crippen MR) is 85.8 cm³/mol. The molecule has 21 heavy (non-hydrogen) atoms. The van der Waals surface area contributed by atoms with Crippen molar-refractivity contribution in [2.45, 2.75) is 26.3 Å². The third-order valence-corrected chi connectivity index (χ3v) is 3.89. The van der Waals surface area contributed by atoms with Crippen molar-refractivity contribution in [1.29, 1.82) is 0 Å². The van der Waals surface area contributed by atoms with E-state index in [1.807, 2.05) is 25.1 Å². The molecule has 0 spiro atoms. The Bertz CT molecular complexity index is 654. The van der Waals surface area contributed by atoms with E-state index in [4.69, 9.17) is 10.5 Å². The molecule has 3 rings (SSSR count). The number of anilines is 2. The molecular weight excluding hydrogens is 262 g/mol. The van der Waals surface area contributed by atoms with E-state index < -0.39 is 0 Å². The summed E-state index contributed by atoms with van der Waals surface area (Å²) in [6.07, 6.45) is 2.25. The second kappa shape index (κ2) is 5.64. The van der Waals surface area contributed by atoms with Crippen molar-refractivity contribution in [1.82, 2.24) is 4.98 Å². The van der Waals surface area contributed by atoms with E-state index in [9.17, 15) is 0 Å². The van der Waals surface area contributed by atoms with E-state index >= 15 is 0 Å². The number of benzene rings is 1. The third-order valence-electron chi connectivity index (χ3n) is 3.89. The van der Waals surface area contributed by atoms with Crippen LogP contribution >= 0.6 is 0 Å². The van der Waals surface area contributed by atoms with Crippen molar-refractivity contribution in [2.75, 3.05) is 24.3 Å². The van der Waals surface area contributed by atoms with Crippen molar-refractivity contribution in [3.63, 3.8) is 0 Å². The van der Waals surface area contributed by atoms with Gasteiger partial charge in [0.15, 0.2) is 0 Å². The number of nitrogens with two attached hydrogens (primary N) is 1. The van der Waals surface area contributed by atoms with E-state index in [1.165, 1.54) is 11.3 Å². The molecule has 0 unspecified atom stereocenters. The van der Waals surface area contributed by atoms with Gasteiger partial charge in [-0.1, -0.05) is 0 Å². The van der Waals surface area contributed by atoms with E-state index in [2.05, 4.69) is 22.0 Å². The van der Waals surface area contributed by atoms with E-state index in [-0.39, 0.29) is 0 Å². The monoisotopic (exact) mass is 283 g/mol. The van der Waals surface area contributed by atoms with Gasteiger partial charge in [0.05, 0.1) is 19.3 Å². The van der Waals surface area contributed by atoms with E-state index in [0.717, 1.165) is 48.8 Å². The first-order valence-corrected chi connectivity index (χ1v) is 7.30. The van der Waals surface area contributed by atoms with Crippen molar-refractivity contribution < 1.29 is 4.74 Å². The molecule has 4 nitrogen and oxygen atoms in total. The van der Waals surface area contributed by atoms with E-state index in [1.54, 1.807) is 7.11 Å². The molecule has 0 fully saturated rings. The summed E-state index contributed by atoms with van der Waals surface area (Å²) in [4.78, 5) is 6.99. The van der Waals surface area contributed by atoms with Gasteiger partial charge < -0.3 is 15.4 Å². The molecule has 2 N–H and O–H groups in total. The molecule has 0 aliphatic carbocycles. The van der Waals surface area contributed by atoms with E-state index in [0.29, 0.717) is 0 Å². The summed E-state index contributed by atoms with van der Waals surface area (Å²) in [6.45, 7) is 3.85. The number of hydrogen-bond donors (Lipinski definition) is 1. The Labute approximate surface area is 125 Å². The normalized spacial score (nSPS) is 13.9. The fourth-order valence-corrected chi connectivity index (χ4v) is 2.96. The highest BCUT2D eigenvalue weighted by molar-refractivity contribution is 5.61. The molecule has 1 aliphatic heterocycles. The highest BCUT2D eigenvalue weighted by Crippen LogP contribution is 2.30. The van der Waals surface area contributed by atoms with Gasteiger partial charge in [-0.3, -0.25) is 4.98 Å². The number of hydrogen-bond acceptors (Lipinski definition) is 4. The van der Waals surface area contributed by atoms with Gasteiger partial charge in [0.25, 0.3) is 0 Å². The van der Waals surface area contributed by atoms with Crippen LogP contribution in [0.1, 0.15) is 23.4 Å². The molecule has 0 bridgehead atoms. The Balaban J connectivity index is 1.88. The summed E-state index contributed by atoms with van der Waals surface area (Å²) in [5.41, 5.74) is 11.4. The Morgan fingerprint density at radius 3 is 2.95 bits per heavy atom. The number of rotatable bonds is 3. The maximum Gasteiger partial charge on any atom is 0.122 e. The zero-order valence-electron chi connectivity index (χ0n) is 12.6. The molecule has 1 aliphatic rings. The van der Waals surface area contributed by atoms with Crippen LogP contribution in [0, 0.1) is 6.92 Å². The molecule has 1 aromatic carbocycles. The summed E-state index contributed by atoms with van der Waals surface area (Å²) >= 11 is 0. The number of pyridine rings is 1. The van der Waals surface area contributed by atoms with Crippen LogP contribution in [0.2, 0.25) is 0 Å². The SMILES string of the molecule is COc1cc(C)nc(CN2CCCc3cc(N)ccc32)c1. The quantitative estimate of drug-likeness (QED) is 0.880. The van der Waals surface area contributed by atoms with Crippen molar-refractivity contribution >= 4 is 11.4 Å². The number of methoxy groups -OCH3 is 1. The molecular formula is C17H21N3O. The topological polar surface area (TPSA) is 51.4 Å². The zero-order valence-corrected chi connectivity index (χ0v) is 12.6. The minimum absolute atomic E-state index is 0.801. The number of aryl methyl sites for hydroxylation is 2. The zero-order chi connectivity index (χ0) is 14.8. The third kappa shape index (κ3) is 2.94. The highest BCUT2D eigenvalue weighted by atomic mass is 16.5. The Kier molecular flexibility index (Phi) is 3.69. The summed E-state index contributed by atoms with van der Waals surface area (Å²) in [6, 6.07) is 10.1. The first kappa shape index (κ1) is 13.7. The van der Waals surface area contributed by atoms with Gasteiger partial charge in [-0.15, -0.1) is 0 Å². The molecule has 4 heteroatoms. The van der Waals surface area contributed by atoms with Crippen molar-refractivity contribution in [2.24, 2.45) is 0 Å². The van der Waals surface area contributed by atoms with Crippen LogP contribution in [-0.2, 0) is 13.0 Å². The lowest BCUT2D eigenvalue weighted by atomic mass is 10.0. The largest absolute Gasteiger partial charge is 0.497 e. The van der Waals surface area contributed by atoms with Crippen LogP contribution in [0.25, 0.3) is 0 Å². The fraction of sp³-hybridized carbons (Fsp3) is 0.353. The molecule has 2 heterocycles. The summed E-state index contributed by atoms with van der Waals surface area (Å²) in [5.74, 6) is 0.868. The lowest BCUT2D eigenvalue weighted by Crippen LogP contribution is -2.29. The van der Waals surface area contributed by atoms with Gasteiger partial charge in [0.1, 0.15) is 5.75 Å². The Morgan fingerprint density at radius 2 is 2.14 bits per heavy atom. The lowest BCUT2D eigenvalue weighted by Gasteiger charge is -2.31. The van der Waals surface area contributed by atoms with Gasteiger partial charge in [-0.25, -0.2) is 0 Å². The minimum atomic E-state index is 0.801. The number of fused-ring (bicyclic) bond motifs is 1. The minimum Gasteiger partial charge on any atom is -0.497 e. The van der Waals surface area contributed by atoms with Crippen LogP contribution in [-0.4, -0.2) is 18.6 Å². The fourth-order valence-electron chi connectivity index (χ4n) is 2.96. The Hall–Kier alpha value is -2.23. The average molecular weight is 283 g/mol. The number of aromatic nitrogens is 1.